The van der Waals surface area contributed by atoms with Gasteiger partial charge in [-0.05, 0) is 39.0 Å². The Morgan fingerprint density at radius 3 is 2.32 bits per heavy atom. The first-order valence-electron chi connectivity index (χ1n) is 6.71. The van der Waals surface area contributed by atoms with Crippen molar-refractivity contribution in [1.82, 2.24) is 5.32 Å². The van der Waals surface area contributed by atoms with E-state index in [9.17, 15) is 13.2 Å². The Morgan fingerprint density at radius 1 is 1.32 bits per heavy atom. The lowest BCUT2D eigenvalue weighted by atomic mass is 10.2. The largest absolute Gasteiger partial charge is 0.495 e. The number of benzene rings is 1. The number of anilines is 1. The molecule has 1 aromatic rings. The molecule has 1 aromatic carbocycles. The zero-order valence-corrected chi connectivity index (χ0v) is 14.8. The standard InChI is InChI=1S/C14H21ClN2O4S/c1-9(2)16-14(18)10(3)17(22(5,19)20)11-6-7-13(21-4)12(15)8-11/h6-10H,1-5H3,(H,16,18)/t10-/m1/s1. The highest BCUT2D eigenvalue weighted by molar-refractivity contribution is 7.92. The van der Waals surface area contributed by atoms with Crippen molar-refractivity contribution in [3.8, 4) is 5.75 Å². The van der Waals surface area contributed by atoms with Crippen LogP contribution in [0.1, 0.15) is 20.8 Å². The molecule has 0 aliphatic rings. The number of hydrogen-bond acceptors (Lipinski definition) is 4. The summed E-state index contributed by atoms with van der Waals surface area (Å²) >= 11 is 6.05. The molecule has 0 bridgehead atoms. The summed E-state index contributed by atoms with van der Waals surface area (Å²) in [5.41, 5.74) is 0.305. The van der Waals surface area contributed by atoms with E-state index in [4.69, 9.17) is 16.3 Å². The van der Waals surface area contributed by atoms with Crippen LogP contribution in [0.15, 0.2) is 18.2 Å². The Balaban J connectivity index is 3.25. The quantitative estimate of drug-likeness (QED) is 0.853. The molecule has 22 heavy (non-hydrogen) atoms. The van der Waals surface area contributed by atoms with Crippen molar-refractivity contribution in [1.29, 1.82) is 0 Å². The van der Waals surface area contributed by atoms with E-state index in [-0.39, 0.29) is 17.0 Å². The lowest BCUT2D eigenvalue weighted by Gasteiger charge is -2.29. The highest BCUT2D eigenvalue weighted by atomic mass is 35.5. The van der Waals surface area contributed by atoms with Crippen molar-refractivity contribution in [3.05, 3.63) is 23.2 Å². The molecule has 0 radical (unpaired) electrons. The fourth-order valence-electron chi connectivity index (χ4n) is 2.01. The van der Waals surface area contributed by atoms with Crippen LogP contribution in [0, 0.1) is 0 Å². The summed E-state index contributed by atoms with van der Waals surface area (Å²) in [6, 6.07) is 3.58. The summed E-state index contributed by atoms with van der Waals surface area (Å²) in [5.74, 6) is 0.0468. The number of carbonyl (C=O) groups excluding carboxylic acids is 1. The van der Waals surface area contributed by atoms with Gasteiger partial charge in [-0.1, -0.05) is 11.6 Å². The molecule has 6 nitrogen and oxygen atoms in total. The van der Waals surface area contributed by atoms with Gasteiger partial charge >= 0.3 is 0 Å². The third-order valence-corrected chi connectivity index (χ3v) is 4.45. The van der Waals surface area contributed by atoms with Gasteiger partial charge in [0.25, 0.3) is 0 Å². The summed E-state index contributed by atoms with van der Waals surface area (Å²) in [4.78, 5) is 12.1. The van der Waals surface area contributed by atoms with Gasteiger partial charge in [-0.25, -0.2) is 8.42 Å². The van der Waals surface area contributed by atoms with Gasteiger partial charge in [-0.2, -0.15) is 0 Å². The number of nitrogens with zero attached hydrogens (tertiary/aromatic N) is 1. The van der Waals surface area contributed by atoms with Crippen LogP contribution in [-0.4, -0.2) is 39.8 Å². The second-order valence-electron chi connectivity index (χ2n) is 5.22. The monoisotopic (exact) mass is 348 g/mol. The van der Waals surface area contributed by atoms with Crippen molar-refractivity contribution >= 4 is 33.2 Å². The number of nitrogens with one attached hydrogen (secondary N) is 1. The molecule has 0 aliphatic carbocycles. The van der Waals surface area contributed by atoms with Crippen LogP contribution in [0.2, 0.25) is 5.02 Å². The van der Waals surface area contributed by atoms with Crippen LogP contribution in [0.3, 0.4) is 0 Å². The lowest BCUT2D eigenvalue weighted by molar-refractivity contribution is -0.122. The minimum atomic E-state index is -3.66. The topological polar surface area (TPSA) is 75.7 Å². The van der Waals surface area contributed by atoms with Gasteiger partial charge in [0.15, 0.2) is 0 Å². The average molecular weight is 349 g/mol. The van der Waals surface area contributed by atoms with Crippen molar-refractivity contribution in [2.45, 2.75) is 32.9 Å². The number of methoxy groups -OCH3 is 1. The number of rotatable bonds is 6. The molecule has 0 aliphatic heterocycles. The number of sulfonamides is 1. The van der Waals surface area contributed by atoms with Crippen molar-refractivity contribution in [2.24, 2.45) is 0 Å². The Hall–Kier alpha value is -1.47. The number of carbonyl (C=O) groups is 1. The molecular formula is C14H21ClN2O4S. The molecule has 0 aromatic heterocycles. The predicted octanol–water partition coefficient (Wildman–Crippen LogP) is 2.03. The molecule has 124 valence electrons. The maximum atomic E-state index is 12.1. The van der Waals surface area contributed by atoms with Gasteiger partial charge in [0, 0.05) is 6.04 Å². The maximum absolute atomic E-state index is 12.1. The van der Waals surface area contributed by atoms with Gasteiger partial charge < -0.3 is 10.1 Å². The number of halogens is 1. The Bertz CT molecular complexity index is 646. The van der Waals surface area contributed by atoms with Crippen LogP contribution < -0.4 is 14.4 Å². The van der Waals surface area contributed by atoms with E-state index in [2.05, 4.69) is 5.32 Å². The number of hydrogen-bond donors (Lipinski definition) is 1. The summed E-state index contributed by atoms with van der Waals surface area (Å²) in [5, 5.41) is 2.97. The molecule has 0 fully saturated rings. The molecule has 1 N–H and O–H groups in total. The maximum Gasteiger partial charge on any atom is 0.243 e. The molecule has 0 spiro atoms. The Morgan fingerprint density at radius 2 is 1.91 bits per heavy atom. The predicted molar refractivity (Wildman–Crippen MR) is 88.1 cm³/mol. The highest BCUT2D eigenvalue weighted by Gasteiger charge is 2.29. The van der Waals surface area contributed by atoms with E-state index < -0.39 is 16.1 Å². The van der Waals surface area contributed by atoms with E-state index in [1.54, 1.807) is 26.0 Å². The minimum absolute atomic E-state index is 0.0872. The fourth-order valence-corrected chi connectivity index (χ4v) is 3.42. The number of amides is 1. The van der Waals surface area contributed by atoms with Crippen LogP contribution in [-0.2, 0) is 14.8 Å². The SMILES string of the molecule is COc1ccc(N([C@H](C)C(=O)NC(C)C)S(C)(=O)=O)cc1Cl. The second-order valence-corrected chi connectivity index (χ2v) is 7.48. The molecule has 8 heteroatoms. The van der Waals surface area contributed by atoms with E-state index in [1.165, 1.54) is 20.1 Å². The van der Waals surface area contributed by atoms with E-state index >= 15 is 0 Å². The van der Waals surface area contributed by atoms with Crippen LogP contribution in [0.5, 0.6) is 5.75 Å². The fraction of sp³-hybridized carbons (Fsp3) is 0.500. The van der Waals surface area contributed by atoms with E-state index in [1.807, 2.05) is 0 Å². The van der Waals surface area contributed by atoms with Crippen LogP contribution >= 0.6 is 11.6 Å². The first-order valence-corrected chi connectivity index (χ1v) is 8.94. The minimum Gasteiger partial charge on any atom is -0.495 e. The molecule has 1 rings (SSSR count). The lowest BCUT2D eigenvalue weighted by Crippen LogP contribution is -2.49. The van der Waals surface area contributed by atoms with Gasteiger partial charge in [-0.15, -0.1) is 0 Å². The van der Waals surface area contributed by atoms with E-state index in [0.29, 0.717) is 11.4 Å². The normalized spacial score (nSPS) is 12.9. The highest BCUT2D eigenvalue weighted by Crippen LogP contribution is 2.31. The Kier molecular flexibility index (Phi) is 6.08. The molecular weight excluding hydrogens is 328 g/mol. The van der Waals surface area contributed by atoms with Gasteiger partial charge in [0.2, 0.25) is 15.9 Å². The molecule has 0 heterocycles. The second kappa shape index (κ2) is 7.19. The van der Waals surface area contributed by atoms with E-state index in [0.717, 1.165) is 10.6 Å². The van der Waals surface area contributed by atoms with Crippen molar-refractivity contribution in [2.75, 3.05) is 17.7 Å². The average Bonchev–Trinajstić information content (AvgIpc) is 2.36. The zero-order valence-electron chi connectivity index (χ0n) is 13.3. The molecule has 0 saturated heterocycles. The zero-order chi connectivity index (χ0) is 17.1. The first-order chi connectivity index (χ1) is 10.1. The molecule has 1 amide bonds. The summed E-state index contributed by atoms with van der Waals surface area (Å²) in [6.45, 7) is 5.14. The summed E-state index contributed by atoms with van der Waals surface area (Å²) < 4.78 is 30.3. The Labute approximate surface area is 136 Å². The van der Waals surface area contributed by atoms with Crippen molar-refractivity contribution < 1.29 is 17.9 Å². The van der Waals surface area contributed by atoms with Gasteiger partial charge in [-0.3, -0.25) is 9.10 Å². The molecule has 0 unspecified atom stereocenters. The van der Waals surface area contributed by atoms with Gasteiger partial charge in [0.1, 0.15) is 11.8 Å². The smallest absolute Gasteiger partial charge is 0.243 e. The molecule has 0 saturated carbocycles. The van der Waals surface area contributed by atoms with Crippen LogP contribution in [0.25, 0.3) is 0 Å². The first kappa shape index (κ1) is 18.6. The summed E-state index contributed by atoms with van der Waals surface area (Å²) in [6.07, 6.45) is 1.05. The molecule has 1 atom stereocenters. The number of ether oxygens (including phenoxy) is 1. The van der Waals surface area contributed by atoms with Crippen molar-refractivity contribution in [3.63, 3.8) is 0 Å². The van der Waals surface area contributed by atoms with Gasteiger partial charge in [0.05, 0.1) is 24.1 Å². The summed E-state index contributed by atoms with van der Waals surface area (Å²) in [7, 11) is -2.20. The van der Waals surface area contributed by atoms with Crippen LogP contribution in [0.4, 0.5) is 5.69 Å². The third-order valence-electron chi connectivity index (χ3n) is 2.91. The third kappa shape index (κ3) is 4.51.